The molecule has 120 valence electrons. The standard InChI is InChI=1S/C16H25N5O/c1-11-14(12(2)18-17-11)7-5-9-21(3)10-13-6-4-8-15-16(13)20-22-19-15/h4,6,8,11-12,14,17-18H,5,7,9-10H2,1-3H3. The van der Waals surface area contributed by atoms with Crippen LogP contribution < -0.4 is 10.9 Å². The molecule has 0 aliphatic carbocycles. The largest absolute Gasteiger partial charge is 0.302 e. The lowest BCUT2D eigenvalue weighted by atomic mass is 9.91. The van der Waals surface area contributed by atoms with Gasteiger partial charge in [-0.05, 0) is 68.1 Å². The van der Waals surface area contributed by atoms with Crippen LogP contribution in [0.3, 0.4) is 0 Å². The molecule has 0 spiro atoms. The van der Waals surface area contributed by atoms with Crippen molar-refractivity contribution in [2.75, 3.05) is 13.6 Å². The van der Waals surface area contributed by atoms with Gasteiger partial charge in [-0.2, -0.15) is 0 Å². The first-order chi connectivity index (χ1) is 10.6. The maximum absolute atomic E-state index is 4.83. The zero-order valence-corrected chi connectivity index (χ0v) is 13.5. The number of aromatic nitrogens is 2. The first-order valence-corrected chi connectivity index (χ1v) is 8.05. The Labute approximate surface area is 131 Å². The van der Waals surface area contributed by atoms with Crippen molar-refractivity contribution < 1.29 is 4.63 Å². The van der Waals surface area contributed by atoms with Crippen molar-refractivity contribution in [3.05, 3.63) is 23.8 Å². The van der Waals surface area contributed by atoms with Crippen LogP contribution >= 0.6 is 0 Å². The molecule has 1 aromatic carbocycles. The highest BCUT2D eigenvalue weighted by Gasteiger charge is 2.28. The fourth-order valence-electron chi connectivity index (χ4n) is 3.37. The molecule has 2 atom stereocenters. The third-order valence-electron chi connectivity index (χ3n) is 4.71. The smallest absolute Gasteiger partial charge is 0.139 e. The van der Waals surface area contributed by atoms with Crippen LogP contribution in [0.15, 0.2) is 22.8 Å². The predicted molar refractivity (Wildman–Crippen MR) is 86.1 cm³/mol. The summed E-state index contributed by atoms with van der Waals surface area (Å²) in [5, 5.41) is 7.90. The molecule has 2 aromatic rings. The summed E-state index contributed by atoms with van der Waals surface area (Å²) < 4.78 is 4.83. The van der Waals surface area contributed by atoms with Gasteiger partial charge >= 0.3 is 0 Å². The molecule has 1 aliphatic rings. The van der Waals surface area contributed by atoms with E-state index < -0.39 is 0 Å². The molecule has 1 fully saturated rings. The van der Waals surface area contributed by atoms with Crippen LogP contribution in [0.1, 0.15) is 32.3 Å². The lowest BCUT2D eigenvalue weighted by molar-refractivity contribution is 0.295. The van der Waals surface area contributed by atoms with Gasteiger partial charge in [-0.25, -0.2) is 4.63 Å². The van der Waals surface area contributed by atoms with Crippen molar-refractivity contribution in [2.24, 2.45) is 5.92 Å². The summed E-state index contributed by atoms with van der Waals surface area (Å²) in [6.45, 7) is 6.46. The quantitative estimate of drug-likeness (QED) is 0.850. The van der Waals surface area contributed by atoms with E-state index >= 15 is 0 Å². The van der Waals surface area contributed by atoms with E-state index in [2.05, 4.69) is 53.0 Å². The summed E-state index contributed by atoms with van der Waals surface area (Å²) >= 11 is 0. The van der Waals surface area contributed by atoms with Crippen molar-refractivity contribution in [2.45, 2.75) is 45.3 Å². The van der Waals surface area contributed by atoms with Crippen LogP contribution in [0.2, 0.25) is 0 Å². The van der Waals surface area contributed by atoms with Crippen LogP contribution in [0.25, 0.3) is 11.0 Å². The van der Waals surface area contributed by atoms with Crippen LogP contribution in [0.4, 0.5) is 0 Å². The summed E-state index contributed by atoms with van der Waals surface area (Å²) in [5.41, 5.74) is 9.53. The zero-order chi connectivity index (χ0) is 15.5. The molecule has 1 aliphatic heterocycles. The van der Waals surface area contributed by atoms with Gasteiger partial charge in [0.2, 0.25) is 0 Å². The van der Waals surface area contributed by atoms with Crippen LogP contribution in [-0.4, -0.2) is 40.9 Å². The van der Waals surface area contributed by atoms with Crippen molar-refractivity contribution in [1.29, 1.82) is 0 Å². The number of hydrazine groups is 1. The van der Waals surface area contributed by atoms with E-state index in [9.17, 15) is 0 Å². The summed E-state index contributed by atoms with van der Waals surface area (Å²) in [4.78, 5) is 2.34. The summed E-state index contributed by atoms with van der Waals surface area (Å²) in [7, 11) is 2.16. The van der Waals surface area contributed by atoms with Gasteiger partial charge in [0.1, 0.15) is 11.0 Å². The van der Waals surface area contributed by atoms with Gasteiger partial charge in [0, 0.05) is 18.6 Å². The van der Waals surface area contributed by atoms with E-state index in [4.69, 9.17) is 4.63 Å². The predicted octanol–water partition coefficient (Wildman–Crippen LogP) is 1.94. The zero-order valence-electron chi connectivity index (χ0n) is 13.5. The van der Waals surface area contributed by atoms with Gasteiger partial charge < -0.3 is 4.90 Å². The Morgan fingerprint density at radius 1 is 1.18 bits per heavy atom. The molecule has 6 heteroatoms. The second kappa shape index (κ2) is 6.73. The molecule has 6 nitrogen and oxygen atoms in total. The topological polar surface area (TPSA) is 66.2 Å². The molecule has 2 N–H and O–H groups in total. The molecule has 22 heavy (non-hydrogen) atoms. The highest BCUT2D eigenvalue weighted by Crippen LogP contribution is 2.21. The number of hydrogen-bond donors (Lipinski definition) is 2. The van der Waals surface area contributed by atoms with Gasteiger partial charge in [-0.15, -0.1) is 0 Å². The highest BCUT2D eigenvalue weighted by molar-refractivity contribution is 5.76. The Hall–Kier alpha value is -1.50. The summed E-state index contributed by atoms with van der Waals surface area (Å²) in [5.74, 6) is 0.705. The lowest BCUT2D eigenvalue weighted by Gasteiger charge is -2.21. The monoisotopic (exact) mass is 303 g/mol. The van der Waals surface area contributed by atoms with Crippen LogP contribution in [0, 0.1) is 5.92 Å². The molecule has 2 heterocycles. The SMILES string of the molecule is CC1NNC(C)C1CCCN(C)Cc1cccc2nonc12. The number of hydrogen-bond acceptors (Lipinski definition) is 6. The maximum Gasteiger partial charge on any atom is 0.139 e. The number of fused-ring (bicyclic) bond motifs is 1. The Morgan fingerprint density at radius 2 is 1.95 bits per heavy atom. The number of rotatable bonds is 6. The third-order valence-corrected chi connectivity index (χ3v) is 4.71. The van der Waals surface area contributed by atoms with Gasteiger partial charge in [-0.1, -0.05) is 12.1 Å². The van der Waals surface area contributed by atoms with E-state index in [1.165, 1.54) is 18.4 Å². The van der Waals surface area contributed by atoms with Gasteiger partial charge in [-0.3, -0.25) is 10.9 Å². The number of nitrogens with one attached hydrogen (secondary N) is 2. The fraction of sp³-hybridized carbons (Fsp3) is 0.625. The molecule has 0 saturated carbocycles. The molecule has 0 radical (unpaired) electrons. The molecule has 1 saturated heterocycles. The van der Waals surface area contributed by atoms with E-state index in [0.717, 1.165) is 24.1 Å². The van der Waals surface area contributed by atoms with Crippen LogP contribution in [-0.2, 0) is 6.54 Å². The first kappa shape index (κ1) is 15.4. The minimum atomic E-state index is 0.551. The van der Waals surface area contributed by atoms with Crippen molar-refractivity contribution in [1.82, 2.24) is 26.1 Å². The summed E-state index contributed by atoms with van der Waals surface area (Å²) in [6.07, 6.45) is 2.44. The highest BCUT2D eigenvalue weighted by atomic mass is 16.6. The average molecular weight is 303 g/mol. The normalized spacial score (nSPS) is 25.4. The summed E-state index contributed by atoms with van der Waals surface area (Å²) in [6, 6.07) is 7.14. The second-order valence-corrected chi connectivity index (χ2v) is 6.46. The second-order valence-electron chi connectivity index (χ2n) is 6.46. The molecule has 3 rings (SSSR count). The third kappa shape index (κ3) is 3.29. The van der Waals surface area contributed by atoms with E-state index in [1.54, 1.807) is 0 Å². The molecule has 2 unspecified atom stereocenters. The fourth-order valence-corrected chi connectivity index (χ4v) is 3.37. The van der Waals surface area contributed by atoms with Crippen molar-refractivity contribution in [3.8, 4) is 0 Å². The van der Waals surface area contributed by atoms with Crippen molar-refractivity contribution in [3.63, 3.8) is 0 Å². The Bertz CT molecular complexity index is 603. The van der Waals surface area contributed by atoms with Gasteiger partial charge in [0.25, 0.3) is 0 Å². The Balaban J connectivity index is 1.50. The number of nitrogens with zero attached hydrogens (tertiary/aromatic N) is 3. The van der Waals surface area contributed by atoms with Crippen molar-refractivity contribution >= 4 is 11.0 Å². The Kier molecular flexibility index (Phi) is 4.71. The number of benzene rings is 1. The molecule has 1 aromatic heterocycles. The Morgan fingerprint density at radius 3 is 2.73 bits per heavy atom. The molecular formula is C16H25N5O. The molecule has 0 amide bonds. The van der Waals surface area contributed by atoms with Gasteiger partial charge in [0.15, 0.2) is 0 Å². The van der Waals surface area contributed by atoms with Gasteiger partial charge in [0.05, 0.1) is 0 Å². The van der Waals surface area contributed by atoms with E-state index in [1.807, 2.05) is 12.1 Å². The average Bonchev–Trinajstić information content (AvgIpc) is 3.09. The molecule has 0 bridgehead atoms. The maximum atomic E-state index is 4.83. The lowest BCUT2D eigenvalue weighted by Crippen LogP contribution is -2.30. The minimum absolute atomic E-state index is 0.551. The first-order valence-electron chi connectivity index (χ1n) is 8.05. The minimum Gasteiger partial charge on any atom is -0.302 e. The van der Waals surface area contributed by atoms with E-state index in [-0.39, 0.29) is 0 Å². The van der Waals surface area contributed by atoms with Crippen LogP contribution in [0.5, 0.6) is 0 Å². The molecular weight excluding hydrogens is 278 g/mol. The van der Waals surface area contributed by atoms with E-state index in [0.29, 0.717) is 18.0 Å².